The molecule has 0 heterocycles. The number of ether oxygens (including phenoxy) is 4. The van der Waals surface area contributed by atoms with Crippen LogP contribution < -0.4 is 45.5 Å². The molecule has 0 unspecified atom stereocenters. The second kappa shape index (κ2) is 59.7. The Balaban J connectivity index is 0.000000944. The minimum Gasteiger partial charge on any atom is -0.507 e. The molecular weight excluding hydrogens is 1840 g/mol. The van der Waals surface area contributed by atoms with Gasteiger partial charge < -0.3 is 66.0 Å². The van der Waals surface area contributed by atoms with E-state index in [1.54, 1.807) is 97.1 Å². The Hall–Kier alpha value is -13.0. The summed E-state index contributed by atoms with van der Waals surface area (Å²) in [6.07, 6.45) is 3.96. The maximum Gasteiger partial charge on any atom is 0.258 e. The summed E-state index contributed by atoms with van der Waals surface area (Å²) in [5.74, 6) is 3.06. The van der Waals surface area contributed by atoms with Crippen molar-refractivity contribution in [3.8, 4) is 46.0 Å². The highest BCUT2D eigenvalue weighted by atomic mass is 16.5. The molecule has 0 atom stereocenters. The van der Waals surface area contributed by atoms with Crippen molar-refractivity contribution in [2.45, 2.75) is 357 Å². The van der Waals surface area contributed by atoms with E-state index in [0.29, 0.717) is 127 Å². The molecule has 0 fully saturated rings. The molecule has 0 saturated heterocycles. The molecular formula is C126H181N5O16. The maximum absolute atomic E-state index is 12.7. The van der Waals surface area contributed by atoms with E-state index in [-0.39, 0.29) is 144 Å². The number of phenolic OH excluding ortho intramolecular Hbond substituents is 4. The normalized spacial score (nSPS) is 11.3. The molecule has 0 radical (unpaired) electrons. The van der Waals surface area contributed by atoms with Crippen LogP contribution in [0.1, 0.15) is 349 Å². The highest BCUT2D eigenvalue weighted by Gasteiger charge is 2.32. The van der Waals surface area contributed by atoms with Crippen LogP contribution in [0.2, 0.25) is 0 Å². The third-order valence-corrected chi connectivity index (χ3v) is 22.3. The SMILES string of the molecule is C.C.C.CC.CC.CC(=O)COc1ccc(NC(=O)CCc2cc(C(C)(C)C)c(O)c(C(C)(C)C)c2)cc1.CC(=O)COc1ccc(NC(=O)CCc2cc(C(C)(C)C)c(O)c(C(C)(C)C)c2)cc1.CC(C)(C)NC(=O)COc1ccc(NC(=O)CCc2cc(C(C)(C)C)c(O)c(C(C)(C)C)c2)cc1.CC(C)(C)c1cc(CCC(=O)Nc2ccc(OCC(=O)Cc3ccccc3)cc2)cc(C(C)(C)C)c1O.c1ccccc1. The summed E-state index contributed by atoms with van der Waals surface area (Å²) in [7, 11) is 0. The largest absolute Gasteiger partial charge is 0.507 e. The van der Waals surface area contributed by atoms with Crippen LogP contribution >= 0.6 is 0 Å². The average molecular weight is 2020 g/mol. The Labute approximate surface area is 883 Å². The minimum absolute atomic E-state index is 0. The number of aryl methyl sites for hydroxylation is 4. The van der Waals surface area contributed by atoms with E-state index in [2.05, 4.69) is 193 Å². The lowest BCUT2D eigenvalue weighted by atomic mass is 9.78. The Kier molecular flexibility index (Phi) is 53.6. The molecule has 0 aliphatic carbocycles. The van der Waals surface area contributed by atoms with Crippen LogP contribution in [0.15, 0.2) is 212 Å². The smallest absolute Gasteiger partial charge is 0.258 e. The number of nitrogens with one attached hydrogen (secondary N) is 5. The lowest BCUT2D eigenvalue weighted by Crippen LogP contribution is -2.43. The Morgan fingerprint density at radius 3 is 0.612 bits per heavy atom. The molecule has 806 valence electrons. The lowest BCUT2D eigenvalue weighted by Gasteiger charge is -2.28. The van der Waals surface area contributed by atoms with Crippen molar-refractivity contribution in [3.63, 3.8) is 0 Å². The third kappa shape index (κ3) is 48.0. The zero-order valence-electron chi connectivity index (χ0n) is 92.6. The number of Topliss-reactive ketones (excluding diaryl/α,β-unsaturated/α-hetero) is 3. The zero-order chi connectivity index (χ0) is 109. The van der Waals surface area contributed by atoms with E-state index in [4.69, 9.17) is 18.9 Å². The molecule has 10 rings (SSSR count). The number of anilines is 4. The number of phenols is 4. The third-order valence-electron chi connectivity index (χ3n) is 22.3. The van der Waals surface area contributed by atoms with Gasteiger partial charge in [0.05, 0.1) is 0 Å². The van der Waals surface area contributed by atoms with E-state index in [1.165, 1.54) is 13.8 Å². The van der Waals surface area contributed by atoms with Crippen molar-refractivity contribution in [1.82, 2.24) is 5.32 Å². The summed E-state index contributed by atoms with van der Waals surface area (Å²) < 4.78 is 21.8. The predicted molar refractivity (Wildman–Crippen MR) is 611 cm³/mol. The number of hydrogen-bond acceptors (Lipinski definition) is 16. The second-order valence-electron chi connectivity index (χ2n) is 45.2. The van der Waals surface area contributed by atoms with Gasteiger partial charge in [0.25, 0.3) is 5.91 Å². The van der Waals surface area contributed by atoms with Gasteiger partial charge in [-0.3, -0.25) is 38.4 Å². The van der Waals surface area contributed by atoms with E-state index < -0.39 is 0 Å². The molecule has 10 aromatic rings. The fourth-order valence-electron chi connectivity index (χ4n) is 14.8. The number of carbonyl (C=O) groups is 8. The maximum atomic E-state index is 12.7. The molecule has 21 nitrogen and oxygen atoms in total. The van der Waals surface area contributed by atoms with Gasteiger partial charge >= 0.3 is 0 Å². The Morgan fingerprint density at radius 2 is 0.429 bits per heavy atom. The fourth-order valence-corrected chi connectivity index (χ4v) is 14.8. The van der Waals surface area contributed by atoms with Gasteiger partial charge in [-0.2, -0.15) is 0 Å². The molecule has 9 N–H and O–H groups in total. The Bertz CT molecular complexity index is 5440. The molecule has 0 spiro atoms. The first-order valence-corrected chi connectivity index (χ1v) is 50.3. The van der Waals surface area contributed by atoms with Gasteiger partial charge in [-0.05, 0) is 273 Å². The van der Waals surface area contributed by atoms with E-state index in [0.717, 1.165) is 72.3 Å². The van der Waals surface area contributed by atoms with Crippen molar-refractivity contribution < 1.29 is 77.7 Å². The van der Waals surface area contributed by atoms with Crippen molar-refractivity contribution >= 4 is 69.6 Å². The topological polar surface area (TPSA) is 315 Å². The number of rotatable bonds is 30. The van der Waals surface area contributed by atoms with E-state index >= 15 is 0 Å². The molecule has 0 aliphatic heterocycles. The number of aromatic hydroxyl groups is 4. The molecule has 0 saturated carbocycles. The van der Waals surface area contributed by atoms with Crippen LogP contribution in [0.5, 0.6) is 46.0 Å². The summed E-state index contributed by atoms with van der Waals surface area (Å²) in [6.45, 7) is 66.6. The highest BCUT2D eigenvalue weighted by molar-refractivity contribution is 5.93. The second-order valence-corrected chi connectivity index (χ2v) is 45.2. The van der Waals surface area contributed by atoms with Gasteiger partial charge in [0, 0.05) is 60.4 Å². The fraction of sp³-hybridized carbons (Fsp3) is 0.460. The predicted octanol–water partition coefficient (Wildman–Crippen LogP) is 29.3. The van der Waals surface area contributed by atoms with Crippen molar-refractivity contribution in [3.05, 3.63) is 285 Å². The van der Waals surface area contributed by atoms with E-state index in [1.807, 2.05) is 164 Å². The lowest BCUT2D eigenvalue weighted by molar-refractivity contribution is -0.124. The van der Waals surface area contributed by atoms with Crippen LogP contribution in [0, 0.1) is 0 Å². The molecule has 21 heteroatoms. The minimum atomic E-state index is -0.308. The van der Waals surface area contributed by atoms with Gasteiger partial charge in [-0.25, -0.2) is 0 Å². The first-order chi connectivity index (χ1) is 66.8. The molecule has 147 heavy (non-hydrogen) atoms. The first kappa shape index (κ1) is 132. The van der Waals surface area contributed by atoms with Crippen LogP contribution in [0.3, 0.4) is 0 Å². The van der Waals surface area contributed by atoms with Crippen LogP contribution in [0.25, 0.3) is 0 Å². The summed E-state index contributed by atoms with van der Waals surface area (Å²) >= 11 is 0. The van der Waals surface area contributed by atoms with Crippen molar-refractivity contribution in [1.29, 1.82) is 0 Å². The van der Waals surface area contributed by atoms with Gasteiger partial charge in [-0.15, -0.1) is 0 Å². The van der Waals surface area contributed by atoms with Crippen molar-refractivity contribution in [2.24, 2.45) is 0 Å². The van der Waals surface area contributed by atoms with Crippen LogP contribution in [-0.4, -0.2) is 99.3 Å². The standard InChI is InChI=1S/C32H39NO4.C29H42N2O4.2C26H35NO4.C6H6.2C2H6.3CH4/c1-31(2,3)27-19-23(20-28(30(27)36)32(4,5)6)12-17-29(35)33-24-13-15-26(16-14-24)37-21-25(34)18-22-10-8-7-9-11-22;1-27(2,3)22-16-19(17-23(26(22)34)28(4,5)6)10-15-24(32)30-20-11-13-21(14-12-20)35-18-25(33)31-29(7,8)9;2*1-17(28)16-31-20-11-9-19(10-12-20)27-23(29)13-8-18-14-21(25(2,3)4)24(30)22(15-18)26(5,6)7;1-2-4-6-5-3-1;2*1-2;;;/h7-11,13-16,19-20,36H,12,17-18,21H2,1-6H3,(H,33,35);11-14,16-17,34H,10,15,18H2,1-9H3,(H,30,32)(H,31,33);2*9-12,14-15,30H,8,13,16H2,1-7H3,(H,27,29);1-6H;2*1-2H3;3*1H4. The van der Waals surface area contributed by atoms with Gasteiger partial charge in [-0.1, -0.05) is 331 Å². The van der Waals surface area contributed by atoms with Crippen LogP contribution in [-0.2, 0) is 114 Å². The molecule has 0 aliphatic rings. The monoisotopic (exact) mass is 2020 g/mol. The zero-order valence-corrected chi connectivity index (χ0v) is 92.6. The summed E-state index contributed by atoms with van der Waals surface area (Å²) in [6, 6.07) is 65.6. The summed E-state index contributed by atoms with van der Waals surface area (Å²) in [4.78, 5) is 96.3. The summed E-state index contributed by atoms with van der Waals surface area (Å²) in [5.41, 5.74) is 13.0. The number of ketones is 3. The highest BCUT2D eigenvalue weighted by Crippen LogP contribution is 2.45. The number of hydrogen-bond donors (Lipinski definition) is 9. The Morgan fingerprint density at radius 1 is 0.245 bits per heavy atom. The van der Waals surface area contributed by atoms with Gasteiger partial charge in [0.2, 0.25) is 23.6 Å². The van der Waals surface area contributed by atoms with Crippen LogP contribution in [0.4, 0.5) is 22.7 Å². The quantitative estimate of drug-likeness (QED) is 0.0202. The number of amides is 5. The number of benzene rings is 10. The molecule has 0 aromatic heterocycles. The van der Waals surface area contributed by atoms with Crippen molar-refractivity contribution in [2.75, 3.05) is 47.7 Å². The molecule has 0 bridgehead atoms. The summed E-state index contributed by atoms with van der Waals surface area (Å²) in [5, 5.41) is 57.9. The van der Waals surface area contributed by atoms with Gasteiger partial charge in [0.15, 0.2) is 24.0 Å². The molecule has 5 amide bonds. The first-order valence-electron chi connectivity index (χ1n) is 50.3. The van der Waals surface area contributed by atoms with E-state index in [9.17, 15) is 58.8 Å². The molecule has 10 aromatic carbocycles. The number of carbonyl (C=O) groups excluding carboxylic acids is 8. The van der Waals surface area contributed by atoms with Gasteiger partial charge in [0.1, 0.15) is 65.8 Å². The average Bonchev–Trinajstić information content (AvgIpc) is 0.793.